The van der Waals surface area contributed by atoms with Crippen LogP contribution in [-0.4, -0.2) is 53.6 Å². The highest BCUT2D eigenvalue weighted by Crippen LogP contribution is 2.05. The number of rotatable bonds is 0. The second kappa shape index (κ2) is 2.50. The fourth-order valence-corrected chi connectivity index (χ4v) is 0.892. The van der Waals surface area contributed by atoms with Gasteiger partial charge >= 0.3 is 0 Å². The van der Waals surface area contributed by atoms with Crippen LogP contribution in [0.3, 0.4) is 0 Å². The van der Waals surface area contributed by atoms with Gasteiger partial charge in [-0.25, -0.2) is 0 Å². The van der Waals surface area contributed by atoms with Gasteiger partial charge in [0.25, 0.3) is 5.91 Å². The van der Waals surface area contributed by atoms with Crippen LogP contribution in [-0.2, 0) is 9.59 Å². The fourth-order valence-electron chi connectivity index (χ4n) is 0.892. The summed E-state index contributed by atoms with van der Waals surface area (Å²) in [7, 11) is 2.88. The first-order valence-corrected chi connectivity index (χ1v) is 3.22. The highest BCUT2D eigenvalue weighted by Gasteiger charge is 2.33. The first-order chi connectivity index (χ1) is 5.04. The lowest BCUT2D eigenvalue weighted by atomic mass is 10.3. The Bertz CT molecular complexity index is 204. The van der Waals surface area contributed by atoms with Gasteiger partial charge in [-0.1, -0.05) is 0 Å². The molecule has 5 heteroatoms. The van der Waals surface area contributed by atoms with E-state index in [2.05, 4.69) is 0 Å². The van der Waals surface area contributed by atoms with Gasteiger partial charge in [-0.05, 0) is 0 Å². The summed E-state index contributed by atoms with van der Waals surface area (Å²) in [5.41, 5.74) is 0. The highest BCUT2D eigenvalue weighted by molar-refractivity contribution is 5.93. The Morgan fingerprint density at radius 2 is 2.00 bits per heavy atom. The number of aliphatic hydroxyl groups excluding tert-OH is 1. The third kappa shape index (κ3) is 1.19. The molecule has 0 unspecified atom stereocenters. The van der Waals surface area contributed by atoms with E-state index in [1.54, 1.807) is 0 Å². The molecule has 62 valence electrons. The normalized spacial score (nSPS) is 26.3. The predicted octanol–water partition coefficient (Wildman–Crippen LogP) is -1.76. The molecule has 1 N–H and O–H groups in total. The summed E-state index contributed by atoms with van der Waals surface area (Å²) in [6.07, 6.45) is -1.30. The van der Waals surface area contributed by atoms with Crippen LogP contribution in [0.4, 0.5) is 0 Å². The fraction of sp³-hybridized carbons (Fsp3) is 0.667. The van der Waals surface area contributed by atoms with Crippen molar-refractivity contribution in [2.75, 3.05) is 20.6 Å². The van der Waals surface area contributed by atoms with Crippen molar-refractivity contribution in [3.05, 3.63) is 0 Å². The Balaban J connectivity index is 2.78. The van der Waals surface area contributed by atoms with Gasteiger partial charge < -0.3 is 14.9 Å². The van der Waals surface area contributed by atoms with Gasteiger partial charge in [0.1, 0.15) is 0 Å². The number of carbonyl (C=O) groups is 2. The Hall–Kier alpha value is -1.10. The monoisotopic (exact) mass is 158 g/mol. The van der Waals surface area contributed by atoms with Crippen LogP contribution >= 0.6 is 0 Å². The van der Waals surface area contributed by atoms with Crippen molar-refractivity contribution < 1.29 is 14.7 Å². The molecule has 0 bridgehead atoms. The molecule has 0 aromatic heterocycles. The largest absolute Gasteiger partial charge is 0.365 e. The van der Waals surface area contributed by atoms with Crippen molar-refractivity contribution in [2.24, 2.45) is 0 Å². The van der Waals surface area contributed by atoms with Crippen LogP contribution in [0.5, 0.6) is 0 Å². The molecule has 0 radical (unpaired) electrons. The van der Waals surface area contributed by atoms with E-state index in [9.17, 15) is 9.59 Å². The summed E-state index contributed by atoms with van der Waals surface area (Å²) in [4.78, 5) is 24.1. The predicted molar refractivity (Wildman–Crippen MR) is 36.4 cm³/mol. The molecule has 2 amide bonds. The summed E-state index contributed by atoms with van der Waals surface area (Å²) in [6, 6.07) is 0. The van der Waals surface area contributed by atoms with Gasteiger partial charge in [0.2, 0.25) is 12.1 Å². The summed E-state index contributed by atoms with van der Waals surface area (Å²) >= 11 is 0. The molecule has 1 aliphatic heterocycles. The molecule has 1 rings (SSSR count). The lowest BCUT2D eigenvalue weighted by Gasteiger charge is -2.32. The smallest absolute Gasteiger partial charge is 0.272 e. The molecule has 1 aliphatic rings. The molecule has 1 atom stereocenters. The van der Waals surface area contributed by atoms with Crippen LogP contribution in [0.25, 0.3) is 0 Å². The zero-order chi connectivity index (χ0) is 8.59. The average Bonchev–Trinajstić information content (AvgIpc) is 1.97. The summed E-state index contributed by atoms with van der Waals surface area (Å²) < 4.78 is 0. The topological polar surface area (TPSA) is 60.9 Å². The molecule has 5 nitrogen and oxygen atoms in total. The van der Waals surface area contributed by atoms with E-state index < -0.39 is 12.1 Å². The number of piperazine rings is 1. The van der Waals surface area contributed by atoms with Gasteiger partial charge in [-0.2, -0.15) is 0 Å². The first kappa shape index (κ1) is 8.00. The van der Waals surface area contributed by atoms with Crippen molar-refractivity contribution >= 4 is 11.8 Å². The maximum absolute atomic E-state index is 11.0. The van der Waals surface area contributed by atoms with Gasteiger partial charge in [-0.15, -0.1) is 0 Å². The van der Waals surface area contributed by atoms with Crippen molar-refractivity contribution in [2.45, 2.75) is 6.23 Å². The third-order valence-corrected chi connectivity index (χ3v) is 1.73. The molecule has 0 aromatic carbocycles. The van der Waals surface area contributed by atoms with Crippen molar-refractivity contribution in [1.29, 1.82) is 0 Å². The van der Waals surface area contributed by atoms with Crippen molar-refractivity contribution in [1.82, 2.24) is 9.80 Å². The molecule has 11 heavy (non-hydrogen) atoms. The number of hydrogen-bond donors (Lipinski definition) is 1. The van der Waals surface area contributed by atoms with E-state index in [0.29, 0.717) is 0 Å². The van der Waals surface area contributed by atoms with Crippen LogP contribution in [0.15, 0.2) is 0 Å². The molecular weight excluding hydrogens is 148 g/mol. The Labute approximate surface area is 64.2 Å². The zero-order valence-corrected chi connectivity index (χ0v) is 6.44. The van der Waals surface area contributed by atoms with E-state index in [1.165, 1.54) is 19.0 Å². The lowest BCUT2D eigenvalue weighted by molar-refractivity contribution is -0.166. The summed E-state index contributed by atoms with van der Waals surface area (Å²) in [5.74, 6) is -0.688. The van der Waals surface area contributed by atoms with Crippen molar-refractivity contribution in [3.8, 4) is 0 Å². The first-order valence-electron chi connectivity index (χ1n) is 3.22. The van der Waals surface area contributed by atoms with Crippen LogP contribution in [0, 0.1) is 0 Å². The van der Waals surface area contributed by atoms with Crippen LogP contribution < -0.4 is 0 Å². The second-order valence-corrected chi connectivity index (χ2v) is 2.57. The summed E-state index contributed by atoms with van der Waals surface area (Å²) in [5, 5.41) is 9.10. The van der Waals surface area contributed by atoms with E-state index >= 15 is 0 Å². The quantitative estimate of drug-likeness (QED) is 0.454. The number of aliphatic hydroxyl groups is 1. The van der Waals surface area contributed by atoms with Crippen molar-refractivity contribution in [3.63, 3.8) is 0 Å². The summed E-state index contributed by atoms with van der Waals surface area (Å²) in [6.45, 7) is 0.0480. The van der Waals surface area contributed by atoms with Crippen LogP contribution in [0.2, 0.25) is 0 Å². The minimum Gasteiger partial charge on any atom is -0.365 e. The van der Waals surface area contributed by atoms with Gasteiger partial charge in [0.15, 0.2) is 0 Å². The Morgan fingerprint density at radius 3 is 2.55 bits per heavy atom. The molecule has 1 heterocycles. The Morgan fingerprint density at radius 1 is 1.45 bits per heavy atom. The van der Waals surface area contributed by atoms with E-state index in [1.807, 2.05) is 0 Å². The maximum Gasteiger partial charge on any atom is 0.272 e. The minimum absolute atomic E-state index is 0.0480. The maximum atomic E-state index is 11.0. The van der Waals surface area contributed by atoms with Gasteiger partial charge in [0, 0.05) is 14.1 Å². The molecule has 1 saturated heterocycles. The van der Waals surface area contributed by atoms with Gasteiger partial charge in [-0.3, -0.25) is 9.59 Å². The number of carbonyl (C=O) groups excluding carboxylic acids is 2. The second-order valence-electron chi connectivity index (χ2n) is 2.57. The number of nitrogens with zero attached hydrogens (tertiary/aromatic N) is 2. The molecular formula is C6H10N2O3. The molecule has 0 saturated carbocycles. The molecule has 0 spiro atoms. The highest BCUT2D eigenvalue weighted by atomic mass is 16.3. The third-order valence-electron chi connectivity index (χ3n) is 1.73. The van der Waals surface area contributed by atoms with Gasteiger partial charge in [0.05, 0.1) is 6.54 Å². The van der Waals surface area contributed by atoms with Crippen LogP contribution in [0.1, 0.15) is 0 Å². The van der Waals surface area contributed by atoms with E-state index in [4.69, 9.17) is 5.11 Å². The van der Waals surface area contributed by atoms with E-state index in [0.717, 1.165) is 4.90 Å². The standard InChI is InChI=1S/C6H10N2O3/c1-7-3-4(9)8(2)6(11)5(7)10/h6,11H,3H2,1-2H3/t6-/m1/s1. The lowest BCUT2D eigenvalue weighted by Crippen LogP contribution is -2.57. The number of amides is 2. The van der Waals surface area contributed by atoms with E-state index in [-0.39, 0.29) is 12.5 Å². The SMILES string of the molecule is CN1CC(=O)N(C)[C@H](O)C1=O. The molecule has 0 aromatic rings. The Kier molecular flexibility index (Phi) is 1.82. The average molecular weight is 158 g/mol. The number of hydrogen-bond acceptors (Lipinski definition) is 3. The zero-order valence-electron chi connectivity index (χ0n) is 6.44. The minimum atomic E-state index is -1.30. The number of likely N-dealkylation sites (N-methyl/N-ethyl adjacent to an activating group) is 2. The molecule has 0 aliphatic carbocycles. The molecule has 1 fully saturated rings.